The van der Waals surface area contributed by atoms with Crippen molar-refractivity contribution in [2.24, 2.45) is 0 Å². The molecule has 7 heteroatoms. The number of carbonyl (C=O) groups is 2. The van der Waals surface area contributed by atoms with E-state index in [1.807, 2.05) is 38.1 Å². The highest BCUT2D eigenvalue weighted by Crippen LogP contribution is 2.26. The molecule has 0 radical (unpaired) electrons. The van der Waals surface area contributed by atoms with Crippen LogP contribution in [-0.2, 0) is 16.1 Å². The molecule has 2 aromatic rings. The third-order valence-corrected chi connectivity index (χ3v) is 4.69. The van der Waals surface area contributed by atoms with E-state index in [-0.39, 0.29) is 31.0 Å². The van der Waals surface area contributed by atoms with Gasteiger partial charge >= 0.3 is 0 Å². The molecule has 0 aliphatic carbocycles. The zero-order chi connectivity index (χ0) is 21.4. The number of hydrogen-bond acceptors (Lipinski definition) is 4. The van der Waals surface area contributed by atoms with E-state index in [9.17, 15) is 9.59 Å². The Kier molecular flexibility index (Phi) is 8.34. The number of para-hydroxylation sites is 2. The van der Waals surface area contributed by atoms with Crippen molar-refractivity contribution in [3.63, 3.8) is 0 Å². The van der Waals surface area contributed by atoms with Gasteiger partial charge in [0.1, 0.15) is 6.04 Å². The summed E-state index contributed by atoms with van der Waals surface area (Å²) < 4.78 is 10.9. The number of ether oxygens (including phenoxy) is 2. The second-order valence-corrected chi connectivity index (χ2v) is 7.30. The van der Waals surface area contributed by atoms with Crippen molar-refractivity contribution in [1.29, 1.82) is 0 Å². The average Bonchev–Trinajstić information content (AvgIpc) is 2.70. The van der Waals surface area contributed by atoms with Crippen molar-refractivity contribution in [2.45, 2.75) is 39.4 Å². The Morgan fingerprint density at radius 2 is 1.66 bits per heavy atom. The summed E-state index contributed by atoms with van der Waals surface area (Å²) in [6.07, 6.45) is 0. The Morgan fingerprint density at radius 3 is 2.28 bits per heavy atom. The standard InChI is InChI=1S/C22H27ClN2O4/c1-15(2)24-22(27)16(3)25(13-17-9-5-6-10-18(17)23)21(26)14-29-20-12-8-7-11-19(20)28-4/h5-12,15-16H,13-14H2,1-4H3,(H,24,27)/t16-/m0/s1. The quantitative estimate of drug-likeness (QED) is 0.674. The Hall–Kier alpha value is -2.73. The van der Waals surface area contributed by atoms with E-state index in [4.69, 9.17) is 21.1 Å². The van der Waals surface area contributed by atoms with Crippen LogP contribution in [0.5, 0.6) is 11.5 Å². The number of rotatable bonds is 9. The number of methoxy groups -OCH3 is 1. The Balaban J connectivity index is 2.19. The highest BCUT2D eigenvalue weighted by molar-refractivity contribution is 6.31. The van der Waals surface area contributed by atoms with Crippen molar-refractivity contribution in [1.82, 2.24) is 10.2 Å². The lowest BCUT2D eigenvalue weighted by atomic mass is 10.1. The van der Waals surface area contributed by atoms with E-state index < -0.39 is 6.04 Å². The van der Waals surface area contributed by atoms with Gasteiger partial charge in [0.2, 0.25) is 5.91 Å². The molecule has 0 bridgehead atoms. The van der Waals surface area contributed by atoms with E-state index in [1.165, 1.54) is 12.0 Å². The van der Waals surface area contributed by atoms with Crippen LogP contribution in [0.25, 0.3) is 0 Å². The van der Waals surface area contributed by atoms with Gasteiger partial charge in [-0.3, -0.25) is 9.59 Å². The topological polar surface area (TPSA) is 67.9 Å². The van der Waals surface area contributed by atoms with Crippen LogP contribution in [0, 0.1) is 0 Å². The first-order chi connectivity index (χ1) is 13.8. The van der Waals surface area contributed by atoms with Crippen molar-refractivity contribution in [3.8, 4) is 11.5 Å². The molecule has 1 N–H and O–H groups in total. The van der Waals surface area contributed by atoms with Crippen LogP contribution in [0.15, 0.2) is 48.5 Å². The number of benzene rings is 2. The molecule has 0 saturated carbocycles. The van der Waals surface area contributed by atoms with Gasteiger partial charge in [-0.2, -0.15) is 0 Å². The van der Waals surface area contributed by atoms with Crippen LogP contribution in [0.1, 0.15) is 26.3 Å². The molecule has 2 aromatic carbocycles. The summed E-state index contributed by atoms with van der Waals surface area (Å²) in [4.78, 5) is 27.0. The summed E-state index contributed by atoms with van der Waals surface area (Å²) in [7, 11) is 1.53. The number of nitrogens with one attached hydrogen (secondary N) is 1. The van der Waals surface area contributed by atoms with Crippen LogP contribution in [0.3, 0.4) is 0 Å². The summed E-state index contributed by atoms with van der Waals surface area (Å²) in [6, 6.07) is 13.6. The van der Waals surface area contributed by atoms with Crippen LogP contribution < -0.4 is 14.8 Å². The Bertz CT molecular complexity index is 841. The average molecular weight is 419 g/mol. The second kappa shape index (κ2) is 10.7. The highest BCUT2D eigenvalue weighted by Gasteiger charge is 2.27. The number of amides is 2. The molecule has 0 heterocycles. The molecule has 29 heavy (non-hydrogen) atoms. The summed E-state index contributed by atoms with van der Waals surface area (Å²) in [5.74, 6) is 0.420. The van der Waals surface area contributed by atoms with E-state index in [1.54, 1.807) is 31.2 Å². The first-order valence-corrected chi connectivity index (χ1v) is 9.80. The molecular formula is C22H27ClN2O4. The molecule has 0 aliphatic rings. The van der Waals surface area contributed by atoms with E-state index in [2.05, 4.69) is 5.32 Å². The molecule has 0 fully saturated rings. The summed E-state index contributed by atoms with van der Waals surface area (Å²) >= 11 is 6.27. The van der Waals surface area contributed by atoms with Crippen LogP contribution in [0.4, 0.5) is 0 Å². The number of nitrogens with zero attached hydrogens (tertiary/aromatic N) is 1. The van der Waals surface area contributed by atoms with Gasteiger partial charge in [0.05, 0.1) is 7.11 Å². The minimum atomic E-state index is -0.692. The lowest BCUT2D eigenvalue weighted by Gasteiger charge is -2.29. The molecule has 0 saturated heterocycles. The van der Waals surface area contributed by atoms with Gasteiger partial charge in [-0.25, -0.2) is 0 Å². The second-order valence-electron chi connectivity index (χ2n) is 6.89. The predicted octanol–water partition coefficient (Wildman–Crippen LogP) is 3.67. The van der Waals surface area contributed by atoms with Gasteiger partial charge in [-0.15, -0.1) is 0 Å². The molecule has 0 aromatic heterocycles. The minimum Gasteiger partial charge on any atom is -0.493 e. The summed E-state index contributed by atoms with van der Waals surface area (Å²) in [6.45, 7) is 5.39. The van der Waals surface area contributed by atoms with E-state index >= 15 is 0 Å². The molecule has 0 spiro atoms. The van der Waals surface area contributed by atoms with E-state index in [0.29, 0.717) is 16.5 Å². The molecule has 2 amide bonds. The number of carbonyl (C=O) groups excluding carboxylic acids is 2. The maximum Gasteiger partial charge on any atom is 0.261 e. The maximum atomic E-state index is 13.0. The first-order valence-electron chi connectivity index (χ1n) is 9.42. The van der Waals surface area contributed by atoms with Crippen molar-refractivity contribution < 1.29 is 19.1 Å². The SMILES string of the molecule is COc1ccccc1OCC(=O)N(Cc1ccccc1Cl)[C@@H](C)C(=O)NC(C)C. The third kappa shape index (κ3) is 6.39. The molecule has 6 nitrogen and oxygen atoms in total. The largest absolute Gasteiger partial charge is 0.493 e. The van der Waals surface area contributed by atoms with Gasteiger partial charge < -0.3 is 19.7 Å². The van der Waals surface area contributed by atoms with Gasteiger partial charge in [0.25, 0.3) is 5.91 Å². The fourth-order valence-electron chi connectivity index (χ4n) is 2.76. The third-order valence-electron chi connectivity index (χ3n) is 4.32. The fraction of sp³-hybridized carbons (Fsp3) is 0.364. The highest BCUT2D eigenvalue weighted by atomic mass is 35.5. The van der Waals surface area contributed by atoms with Crippen molar-refractivity contribution in [2.75, 3.05) is 13.7 Å². The van der Waals surface area contributed by atoms with Gasteiger partial charge in [-0.05, 0) is 44.5 Å². The van der Waals surface area contributed by atoms with Crippen LogP contribution >= 0.6 is 11.6 Å². The lowest BCUT2D eigenvalue weighted by molar-refractivity contribution is -0.142. The van der Waals surface area contributed by atoms with Crippen molar-refractivity contribution in [3.05, 3.63) is 59.1 Å². The normalized spacial score (nSPS) is 11.7. The van der Waals surface area contributed by atoms with E-state index in [0.717, 1.165) is 5.56 Å². The minimum absolute atomic E-state index is 0.0351. The zero-order valence-corrected chi connectivity index (χ0v) is 17.9. The van der Waals surface area contributed by atoms with Crippen LogP contribution in [-0.4, -0.2) is 42.5 Å². The molecule has 0 unspecified atom stereocenters. The number of halogens is 1. The zero-order valence-electron chi connectivity index (χ0n) is 17.1. The van der Waals surface area contributed by atoms with Gasteiger partial charge in [0.15, 0.2) is 18.1 Å². The lowest BCUT2D eigenvalue weighted by Crippen LogP contribution is -2.50. The van der Waals surface area contributed by atoms with Gasteiger partial charge in [-0.1, -0.05) is 41.9 Å². The van der Waals surface area contributed by atoms with Crippen molar-refractivity contribution >= 4 is 23.4 Å². The maximum absolute atomic E-state index is 13.0. The Morgan fingerprint density at radius 1 is 1.03 bits per heavy atom. The monoisotopic (exact) mass is 418 g/mol. The fourth-order valence-corrected chi connectivity index (χ4v) is 2.95. The molecular weight excluding hydrogens is 392 g/mol. The molecule has 1 atom stereocenters. The molecule has 0 aliphatic heterocycles. The first kappa shape index (κ1) is 22.6. The van der Waals surface area contributed by atoms with Crippen LogP contribution in [0.2, 0.25) is 5.02 Å². The number of hydrogen-bond donors (Lipinski definition) is 1. The predicted molar refractivity (Wildman–Crippen MR) is 113 cm³/mol. The molecule has 2 rings (SSSR count). The summed E-state index contributed by atoms with van der Waals surface area (Å²) in [5, 5.41) is 3.38. The van der Waals surface area contributed by atoms with Gasteiger partial charge in [0, 0.05) is 17.6 Å². The smallest absolute Gasteiger partial charge is 0.261 e. The summed E-state index contributed by atoms with van der Waals surface area (Å²) in [5.41, 5.74) is 0.754. The Labute approximate surface area is 176 Å². The molecule has 156 valence electrons.